The van der Waals surface area contributed by atoms with Crippen LogP contribution in [-0.2, 0) is 19.1 Å². The van der Waals surface area contributed by atoms with Crippen LogP contribution in [0.1, 0.15) is 49.1 Å². The summed E-state index contributed by atoms with van der Waals surface area (Å²) >= 11 is 0. The molecule has 0 radical (unpaired) electrons. The number of hydrogen-bond donors (Lipinski definition) is 2. The fraction of sp³-hybridized carbons (Fsp3) is 0.444. The first-order valence-electron chi connectivity index (χ1n) is 12.1. The number of carbonyl (C=O) groups is 3. The topological polar surface area (TPSA) is 105 Å². The molecule has 2 aromatic carbocycles. The molecule has 1 fully saturated rings. The maximum atomic E-state index is 13.3. The second kappa shape index (κ2) is 11.4. The molecule has 0 aliphatic heterocycles. The maximum absolute atomic E-state index is 13.3. The van der Waals surface area contributed by atoms with Gasteiger partial charge in [-0.1, -0.05) is 48.5 Å². The number of nitrogens with one attached hydrogen (secondary N) is 1. The van der Waals surface area contributed by atoms with Crippen molar-refractivity contribution >= 4 is 18.0 Å². The number of methoxy groups -OCH3 is 1. The van der Waals surface area contributed by atoms with E-state index < -0.39 is 18.1 Å². The number of alkyl carbamates (subject to hydrolysis) is 1. The number of hydrogen-bond acceptors (Lipinski definition) is 5. The molecule has 0 saturated heterocycles. The summed E-state index contributed by atoms with van der Waals surface area (Å²) in [6.45, 7) is 0.741. The molecule has 2 N–H and O–H groups in total. The van der Waals surface area contributed by atoms with Gasteiger partial charge in [0.15, 0.2) is 0 Å². The van der Waals surface area contributed by atoms with Gasteiger partial charge in [-0.25, -0.2) is 4.79 Å². The van der Waals surface area contributed by atoms with Crippen LogP contribution in [0.5, 0.6) is 0 Å². The van der Waals surface area contributed by atoms with Crippen molar-refractivity contribution in [2.24, 2.45) is 0 Å². The van der Waals surface area contributed by atoms with Crippen molar-refractivity contribution in [3.05, 3.63) is 59.7 Å². The van der Waals surface area contributed by atoms with E-state index >= 15 is 0 Å². The van der Waals surface area contributed by atoms with E-state index in [0.29, 0.717) is 19.4 Å². The zero-order valence-electron chi connectivity index (χ0n) is 19.9. The summed E-state index contributed by atoms with van der Waals surface area (Å²) in [5.41, 5.74) is 4.51. The molecule has 2 amide bonds. The number of ether oxygens (including phenoxy) is 2. The lowest BCUT2D eigenvalue weighted by atomic mass is 9.98. The molecule has 2 aromatic rings. The first kappa shape index (κ1) is 24.7. The normalized spacial score (nSPS) is 15.1. The lowest BCUT2D eigenvalue weighted by Crippen LogP contribution is -2.50. The molecular weight excluding hydrogens is 448 g/mol. The highest BCUT2D eigenvalue weighted by molar-refractivity contribution is 5.86. The van der Waals surface area contributed by atoms with Gasteiger partial charge in [-0.2, -0.15) is 0 Å². The Balaban J connectivity index is 1.42. The Kier molecular flexibility index (Phi) is 8.02. The Labute approximate surface area is 205 Å². The van der Waals surface area contributed by atoms with Crippen molar-refractivity contribution < 1.29 is 29.0 Å². The van der Waals surface area contributed by atoms with Gasteiger partial charge in [0.2, 0.25) is 5.91 Å². The van der Waals surface area contributed by atoms with Crippen LogP contribution in [0.2, 0.25) is 0 Å². The Morgan fingerprint density at radius 1 is 1.06 bits per heavy atom. The molecule has 0 aromatic heterocycles. The Morgan fingerprint density at radius 3 is 2.26 bits per heavy atom. The molecule has 1 unspecified atom stereocenters. The van der Waals surface area contributed by atoms with Crippen molar-refractivity contribution in [3.63, 3.8) is 0 Å². The van der Waals surface area contributed by atoms with Gasteiger partial charge in [0, 0.05) is 32.2 Å². The van der Waals surface area contributed by atoms with Crippen LogP contribution in [0.25, 0.3) is 11.1 Å². The number of amides is 2. The van der Waals surface area contributed by atoms with Crippen molar-refractivity contribution in [1.82, 2.24) is 10.2 Å². The minimum atomic E-state index is -0.955. The molecule has 1 atom stereocenters. The molecule has 0 heterocycles. The predicted molar refractivity (Wildman–Crippen MR) is 130 cm³/mol. The van der Waals surface area contributed by atoms with Crippen LogP contribution < -0.4 is 5.32 Å². The summed E-state index contributed by atoms with van der Waals surface area (Å²) < 4.78 is 10.7. The van der Waals surface area contributed by atoms with Gasteiger partial charge in [-0.05, 0) is 47.9 Å². The second-order valence-electron chi connectivity index (χ2n) is 9.06. The SMILES string of the molecule is COCCCC(NC(=O)OCC1c2ccccc2-c2ccccc21)C(=O)N(CCC(=O)O)C1CC1. The first-order valence-corrected chi connectivity index (χ1v) is 12.1. The molecule has 4 rings (SSSR count). The van der Waals surface area contributed by atoms with Crippen LogP contribution in [0.4, 0.5) is 4.79 Å². The van der Waals surface area contributed by atoms with Crippen molar-refractivity contribution in [2.75, 3.05) is 26.9 Å². The highest BCUT2D eigenvalue weighted by atomic mass is 16.5. The van der Waals surface area contributed by atoms with Gasteiger partial charge < -0.3 is 24.8 Å². The van der Waals surface area contributed by atoms with Crippen molar-refractivity contribution in [3.8, 4) is 11.1 Å². The number of nitrogens with zero attached hydrogens (tertiary/aromatic N) is 1. The number of carboxylic acid groups (broad SMARTS) is 1. The van der Waals surface area contributed by atoms with Crippen molar-refractivity contribution in [2.45, 2.75) is 50.1 Å². The number of benzene rings is 2. The molecule has 186 valence electrons. The van der Waals surface area contributed by atoms with Gasteiger partial charge in [-0.3, -0.25) is 9.59 Å². The lowest BCUT2D eigenvalue weighted by molar-refractivity contribution is -0.139. The third kappa shape index (κ3) is 6.00. The Morgan fingerprint density at radius 2 is 1.69 bits per heavy atom. The van der Waals surface area contributed by atoms with Crippen LogP contribution in [-0.4, -0.2) is 66.9 Å². The van der Waals surface area contributed by atoms with E-state index in [2.05, 4.69) is 17.4 Å². The lowest BCUT2D eigenvalue weighted by Gasteiger charge is -2.27. The minimum Gasteiger partial charge on any atom is -0.481 e. The maximum Gasteiger partial charge on any atom is 0.407 e. The van der Waals surface area contributed by atoms with Crippen LogP contribution >= 0.6 is 0 Å². The largest absolute Gasteiger partial charge is 0.481 e. The molecule has 8 nitrogen and oxygen atoms in total. The quantitative estimate of drug-likeness (QED) is 0.448. The second-order valence-corrected chi connectivity index (χ2v) is 9.06. The average molecular weight is 481 g/mol. The van der Waals surface area contributed by atoms with Gasteiger partial charge in [0.05, 0.1) is 6.42 Å². The summed E-state index contributed by atoms with van der Waals surface area (Å²) in [6, 6.07) is 15.4. The fourth-order valence-electron chi connectivity index (χ4n) is 4.75. The van der Waals surface area contributed by atoms with Crippen LogP contribution in [0, 0.1) is 0 Å². The van der Waals surface area contributed by atoms with Gasteiger partial charge in [0.1, 0.15) is 12.6 Å². The molecule has 8 heteroatoms. The minimum absolute atomic E-state index is 0.0380. The predicted octanol–water partition coefficient (Wildman–Crippen LogP) is 3.79. The fourth-order valence-corrected chi connectivity index (χ4v) is 4.75. The van der Waals surface area contributed by atoms with E-state index in [9.17, 15) is 14.4 Å². The number of carbonyl (C=O) groups excluding carboxylic acids is 2. The highest BCUT2D eigenvalue weighted by Gasteiger charge is 2.37. The third-order valence-electron chi connectivity index (χ3n) is 6.61. The van der Waals surface area contributed by atoms with E-state index in [-0.39, 0.29) is 37.4 Å². The molecule has 35 heavy (non-hydrogen) atoms. The van der Waals surface area contributed by atoms with Gasteiger partial charge in [0.25, 0.3) is 0 Å². The highest BCUT2D eigenvalue weighted by Crippen LogP contribution is 2.44. The third-order valence-corrected chi connectivity index (χ3v) is 6.61. The van der Waals surface area contributed by atoms with E-state index in [4.69, 9.17) is 14.6 Å². The molecule has 0 spiro atoms. The van der Waals surface area contributed by atoms with E-state index in [1.165, 1.54) is 0 Å². The standard InChI is InChI=1S/C27H32N2O6/c1-34-16-6-11-24(26(32)29(18-12-13-18)15-14-25(30)31)28-27(33)35-17-23-21-9-4-2-7-19(21)20-8-3-5-10-22(20)23/h2-5,7-10,18,23-24H,6,11-17H2,1H3,(H,28,33)(H,30,31). The smallest absolute Gasteiger partial charge is 0.407 e. The first-order chi connectivity index (χ1) is 17.0. The average Bonchev–Trinajstić information content (AvgIpc) is 3.64. The number of carboxylic acids is 1. The summed E-state index contributed by atoms with van der Waals surface area (Å²) in [5.74, 6) is -1.29. The number of rotatable bonds is 12. The summed E-state index contributed by atoms with van der Waals surface area (Å²) in [5, 5.41) is 11.8. The number of aliphatic carboxylic acids is 1. The monoisotopic (exact) mass is 480 g/mol. The summed E-state index contributed by atoms with van der Waals surface area (Å²) in [4.78, 5) is 38.8. The molecule has 2 aliphatic carbocycles. The summed E-state index contributed by atoms with van der Waals surface area (Å²) in [7, 11) is 1.58. The Bertz CT molecular complexity index is 1020. The molecular formula is C27H32N2O6. The van der Waals surface area contributed by atoms with E-state index in [1.807, 2.05) is 36.4 Å². The van der Waals surface area contributed by atoms with Crippen molar-refractivity contribution in [1.29, 1.82) is 0 Å². The molecule has 0 bridgehead atoms. The zero-order valence-corrected chi connectivity index (χ0v) is 19.9. The van der Waals surface area contributed by atoms with E-state index in [0.717, 1.165) is 35.1 Å². The van der Waals surface area contributed by atoms with E-state index in [1.54, 1.807) is 12.0 Å². The summed E-state index contributed by atoms with van der Waals surface area (Å²) in [6.07, 6.45) is 1.87. The van der Waals surface area contributed by atoms with Gasteiger partial charge >= 0.3 is 12.1 Å². The van der Waals surface area contributed by atoms with Crippen LogP contribution in [0.15, 0.2) is 48.5 Å². The Hall–Kier alpha value is -3.39. The van der Waals surface area contributed by atoms with Gasteiger partial charge in [-0.15, -0.1) is 0 Å². The zero-order chi connectivity index (χ0) is 24.8. The molecule has 1 saturated carbocycles. The number of fused-ring (bicyclic) bond motifs is 3. The van der Waals surface area contributed by atoms with Crippen LogP contribution in [0.3, 0.4) is 0 Å². The molecule has 2 aliphatic rings.